The van der Waals surface area contributed by atoms with Gasteiger partial charge in [0.1, 0.15) is 6.04 Å². The Kier molecular flexibility index (Phi) is 2.54. The molecule has 0 bridgehead atoms. The predicted octanol–water partition coefficient (Wildman–Crippen LogP) is 1.06. The van der Waals surface area contributed by atoms with E-state index in [1.54, 1.807) is 12.1 Å². The maximum atomic E-state index is 11.6. The van der Waals surface area contributed by atoms with E-state index in [1.165, 1.54) is 0 Å². The number of likely N-dealkylation sites (N-methyl/N-ethyl adjacent to an activating group) is 1. The summed E-state index contributed by atoms with van der Waals surface area (Å²) in [5.74, 6) is -0.0882. The zero-order chi connectivity index (χ0) is 11.0. The van der Waals surface area contributed by atoms with Gasteiger partial charge in [0.05, 0.1) is 16.4 Å². The lowest BCUT2D eigenvalue weighted by Gasteiger charge is -2.35. The number of hydrogen-bond donors (Lipinski definition) is 2. The number of carbonyl (C=O) groups is 1. The highest BCUT2D eigenvalue weighted by atomic mass is 35.5. The molecule has 1 amide bonds. The molecular weight excluding hydrogens is 214 g/mol. The van der Waals surface area contributed by atoms with E-state index in [4.69, 9.17) is 17.3 Å². The van der Waals surface area contributed by atoms with E-state index in [0.29, 0.717) is 5.02 Å². The number of amides is 1. The number of fused-ring (bicyclic) bond motifs is 1. The summed E-state index contributed by atoms with van der Waals surface area (Å²) in [6.45, 7) is 0.271. The molecule has 0 saturated heterocycles. The van der Waals surface area contributed by atoms with Gasteiger partial charge in [-0.15, -0.1) is 0 Å². The lowest BCUT2D eigenvalue weighted by atomic mass is 10.1. The summed E-state index contributed by atoms with van der Waals surface area (Å²) in [6, 6.07) is 5.07. The third-order valence-corrected chi connectivity index (χ3v) is 2.90. The molecular formula is C10H12ClN3O. The van der Waals surface area contributed by atoms with Crippen LogP contribution in [0, 0.1) is 0 Å². The van der Waals surface area contributed by atoms with Crippen LogP contribution in [0.5, 0.6) is 0 Å². The van der Waals surface area contributed by atoms with Gasteiger partial charge in [-0.25, -0.2) is 0 Å². The van der Waals surface area contributed by atoms with Crippen molar-refractivity contribution in [3.63, 3.8) is 0 Å². The number of anilines is 2. The molecule has 0 aliphatic carbocycles. The Morgan fingerprint density at radius 2 is 2.33 bits per heavy atom. The van der Waals surface area contributed by atoms with Gasteiger partial charge in [0.15, 0.2) is 0 Å². The van der Waals surface area contributed by atoms with Gasteiger partial charge in [-0.05, 0) is 12.1 Å². The van der Waals surface area contributed by atoms with Gasteiger partial charge in [-0.1, -0.05) is 17.7 Å². The molecule has 15 heavy (non-hydrogen) atoms. The summed E-state index contributed by atoms with van der Waals surface area (Å²) in [4.78, 5) is 13.4. The standard InChI is InChI=1S/C10H12ClN3O/c1-14-8(5-12)10(15)13-7-4-2-3-6(11)9(7)14/h2-4,8H,5,12H2,1H3,(H,13,15). The molecule has 0 spiro atoms. The summed E-state index contributed by atoms with van der Waals surface area (Å²) in [5, 5.41) is 3.41. The number of hydrogen-bond acceptors (Lipinski definition) is 3. The highest BCUT2D eigenvalue weighted by Gasteiger charge is 2.30. The second kappa shape index (κ2) is 3.72. The number of benzene rings is 1. The van der Waals surface area contributed by atoms with Crippen molar-refractivity contribution in [3.05, 3.63) is 23.2 Å². The number of rotatable bonds is 1. The SMILES string of the molecule is CN1c2c(Cl)cccc2NC(=O)C1CN. The van der Waals surface area contributed by atoms with Gasteiger partial charge in [0.2, 0.25) is 5.91 Å². The first-order valence-corrected chi connectivity index (χ1v) is 5.05. The average Bonchev–Trinajstić information content (AvgIpc) is 2.17. The van der Waals surface area contributed by atoms with E-state index >= 15 is 0 Å². The van der Waals surface area contributed by atoms with E-state index < -0.39 is 0 Å². The Morgan fingerprint density at radius 1 is 1.60 bits per heavy atom. The zero-order valence-corrected chi connectivity index (χ0v) is 9.08. The van der Waals surface area contributed by atoms with Crippen LogP contribution >= 0.6 is 11.6 Å². The molecule has 1 aliphatic rings. The Bertz CT molecular complexity index is 408. The summed E-state index contributed by atoms with van der Waals surface area (Å²) in [6.07, 6.45) is 0. The number of carbonyl (C=O) groups excluding carboxylic acids is 1. The molecule has 1 heterocycles. The summed E-state index contributed by atoms with van der Waals surface area (Å²) >= 11 is 6.07. The summed E-state index contributed by atoms with van der Waals surface area (Å²) in [5.41, 5.74) is 7.11. The quantitative estimate of drug-likeness (QED) is 0.751. The number of nitrogens with two attached hydrogens (primary N) is 1. The molecule has 1 unspecified atom stereocenters. The van der Waals surface area contributed by atoms with Crippen LogP contribution in [-0.2, 0) is 4.79 Å². The molecule has 0 radical (unpaired) electrons. The van der Waals surface area contributed by atoms with Crippen molar-refractivity contribution >= 4 is 28.9 Å². The molecule has 0 fully saturated rings. The molecule has 80 valence electrons. The third-order valence-electron chi connectivity index (χ3n) is 2.59. The Labute approximate surface area is 93.0 Å². The van der Waals surface area contributed by atoms with Crippen molar-refractivity contribution in [1.29, 1.82) is 0 Å². The second-order valence-electron chi connectivity index (χ2n) is 3.49. The normalized spacial score (nSPS) is 19.8. The summed E-state index contributed by atoms with van der Waals surface area (Å²) < 4.78 is 0. The first-order valence-electron chi connectivity index (χ1n) is 4.67. The van der Waals surface area contributed by atoms with Crippen LogP contribution in [0.3, 0.4) is 0 Å². The summed E-state index contributed by atoms with van der Waals surface area (Å²) in [7, 11) is 1.82. The maximum absolute atomic E-state index is 11.6. The fourth-order valence-electron chi connectivity index (χ4n) is 1.79. The zero-order valence-electron chi connectivity index (χ0n) is 8.33. The second-order valence-corrected chi connectivity index (χ2v) is 3.89. The highest BCUT2D eigenvalue weighted by molar-refractivity contribution is 6.34. The Morgan fingerprint density at radius 3 is 3.00 bits per heavy atom. The van der Waals surface area contributed by atoms with Crippen LogP contribution in [0.15, 0.2) is 18.2 Å². The van der Waals surface area contributed by atoms with E-state index in [-0.39, 0.29) is 18.5 Å². The van der Waals surface area contributed by atoms with Crippen LogP contribution < -0.4 is 16.0 Å². The van der Waals surface area contributed by atoms with Crippen molar-refractivity contribution in [2.24, 2.45) is 5.73 Å². The van der Waals surface area contributed by atoms with Gasteiger partial charge in [-0.3, -0.25) is 4.79 Å². The smallest absolute Gasteiger partial charge is 0.248 e. The molecule has 2 rings (SSSR count). The van der Waals surface area contributed by atoms with Crippen LogP contribution in [0.1, 0.15) is 0 Å². The molecule has 3 N–H and O–H groups in total. The Hall–Kier alpha value is -1.26. The minimum absolute atomic E-state index is 0.0882. The van der Waals surface area contributed by atoms with Gasteiger partial charge in [0, 0.05) is 13.6 Å². The number of para-hydroxylation sites is 1. The monoisotopic (exact) mass is 225 g/mol. The molecule has 0 saturated carbocycles. The van der Waals surface area contributed by atoms with Gasteiger partial charge >= 0.3 is 0 Å². The van der Waals surface area contributed by atoms with E-state index in [9.17, 15) is 4.79 Å². The Balaban J connectivity index is 2.51. The lowest BCUT2D eigenvalue weighted by molar-refractivity contribution is -0.117. The molecule has 4 nitrogen and oxygen atoms in total. The first kappa shape index (κ1) is 10.3. The van der Waals surface area contributed by atoms with Crippen LogP contribution in [-0.4, -0.2) is 25.5 Å². The van der Waals surface area contributed by atoms with Gasteiger partial charge in [-0.2, -0.15) is 0 Å². The largest absolute Gasteiger partial charge is 0.359 e. The minimum Gasteiger partial charge on any atom is -0.359 e. The van der Waals surface area contributed by atoms with Gasteiger partial charge in [0.25, 0.3) is 0 Å². The van der Waals surface area contributed by atoms with Gasteiger partial charge < -0.3 is 16.0 Å². The molecule has 1 atom stereocenters. The average molecular weight is 226 g/mol. The van der Waals surface area contributed by atoms with E-state index in [0.717, 1.165) is 11.4 Å². The predicted molar refractivity (Wildman–Crippen MR) is 61.3 cm³/mol. The van der Waals surface area contributed by atoms with Crippen molar-refractivity contribution in [3.8, 4) is 0 Å². The van der Waals surface area contributed by atoms with Crippen molar-refractivity contribution in [2.75, 3.05) is 23.8 Å². The van der Waals surface area contributed by atoms with Crippen molar-refractivity contribution in [2.45, 2.75) is 6.04 Å². The van der Waals surface area contributed by atoms with Crippen LogP contribution in [0.25, 0.3) is 0 Å². The number of nitrogens with zero attached hydrogens (tertiary/aromatic N) is 1. The first-order chi connectivity index (χ1) is 7.15. The number of nitrogens with one attached hydrogen (secondary N) is 1. The molecule has 1 aliphatic heterocycles. The lowest BCUT2D eigenvalue weighted by Crippen LogP contribution is -2.50. The molecule has 5 heteroatoms. The van der Waals surface area contributed by atoms with Crippen molar-refractivity contribution in [1.82, 2.24) is 0 Å². The minimum atomic E-state index is -0.350. The maximum Gasteiger partial charge on any atom is 0.248 e. The molecule has 0 aromatic heterocycles. The topological polar surface area (TPSA) is 58.4 Å². The fourth-order valence-corrected chi connectivity index (χ4v) is 2.10. The van der Waals surface area contributed by atoms with Crippen LogP contribution in [0.2, 0.25) is 5.02 Å². The van der Waals surface area contributed by atoms with E-state index in [1.807, 2.05) is 18.0 Å². The fraction of sp³-hybridized carbons (Fsp3) is 0.300. The number of halogens is 1. The molecule has 1 aromatic carbocycles. The highest BCUT2D eigenvalue weighted by Crippen LogP contribution is 2.36. The third kappa shape index (κ3) is 1.56. The molecule has 1 aromatic rings. The van der Waals surface area contributed by atoms with Crippen molar-refractivity contribution < 1.29 is 4.79 Å². The van der Waals surface area contributed by atoms with E-state index in [2.05, 4.69) is 5.32 Å². The van der Waals surface area contributed by atoms with Crippen LogP contribution in [0.4, 0.5) is 11.4 Å².